The number of benzene rings is 4. The van der Waals surface area contributed by atoms with Crippen molar-refractivity contribution >= 4 is 74.7 Å². The first-order valence-electron chi connectivity index (χ1n) is 36.5. The zero-order chi connectivity index (χ0) is 79.6. The number of carbonyl (C=O) groups excluding carboxylic acids is 10. The van der Waals surface area contributed by atoms with E-state index in [1.54, 1.807) is 74.4 Å². The minimum absolute atomic E-state index is 0. The predicted octanol–water partition coefficient (Wildman–Crippen LogP) is 15.5. The Morgan fingerprint density at radius 1 is 0.485 bits per heavy atom. The van der Waals surface area contributed by atoms with Crippen molar-refractivity contribution in [2.45, 2.75) is 256 Å². The van der Waals surface area contributed by atoms with Crippen LogP contribution in [-0.4, -0.2) is 88.7 Å². The first-order valence-corrected chi connectivity index (χ1v) is 36.5. The maximum atomic E-state index is 11.3. The fraction of sp³-hybridized carbons (Fsp3) is 0.558. The van der Waals surface area contributed by atoms with Crippen LogP contribution in [0.25, 0.3) is 10.8 Å². The van der Waals surface area contributed by atoms with E-state index in [1.807, 2.05) is 129 Å². The van der Waals surface area contributed by atoms with E-state index in [0.29, 0.717) is 31.6 Å². The topological polar surface area (TPSA) is 302 Å². The number of quaternary nitrogens is 1. The molecule has 0 bridgehead atoms. The number of hydrogen-bond donors (Lipinski definition) is 5. The fourth-order valence-corrected chi connectivity index (χ4v) is 8.07. The zero-order valence-electron chi connectivity index (χ0n) is 67.4. The molecule has 0 aliphatic rings. The summed E-state index contributed by atoms with van der Waals surface area (Å²) in [6, 6.07) is 34.1. The number of ketones is 9. The van der Waals surface area contributed by atoms with Crippen LogP contribution >= 0.6 is 0 Å². The first kappa shape index (κ1) is 106. The molecule has 0 fully saturated rings. The van der Waals surface area contributed by atoms with Crippen molar-refractivity contribution in [2.75, 3.05) is 13.6 Å². The Labute approximate surface area is 623 Å². The molecular formula is C86H142N6O11+2. The number of nitrogens with two attached hydrogens (primary N) is 4. The lowest BCUT2D eigenvalue weighted by Gasteiger charge is -2.10. The van der Waals surface area contributed by atoms with E-state index in [1.165, 1.54) is 65.6 Å². The lowest BCUT2D eigenvalue weighted by atomic mass is 9.94. The van der Waals surface area contributed by atoms with Gasteiger partial charge in [-0.25, -0.2) is 4.57 Å². The molecule has 1 amide bonds. The Kier molecular flexibility index (Phi) is 66.4. The van der Waals surface area contributed by atoms with Crippen molar-refractivity contribution in [1.29, 1.82) is 0 Å². The van der Waals surface area contributed by atoms with E-state index in [2.05, 4.69) is 86.6 Å². The third-order valence-corrected chi connectivity index (χ3v) is 17.0. The Hall–Kier alpha value is -8.18. The number of pyridine rings is 1. The zero-order valence-corrected chi connectivity index (χ0v) is 67.4. The summed E-state index contributed by atoms with van der Waals surface area (Å²) in [5.74, 6) is 2.93. The molecule has 5 rings (SSSR count). The summed E-state index contributed by atoms with van der Waals surface area (Å²) in [6.45, 7) is 40.9. The maximum Gasteiger partial charge on any atom is 0.217 e. The van der Waals surface area contributed by atoms with E-state index < -0.39 is 0 Å². The normalized spacial score (nSPS) is 12.1. The second-order valence-electron chi connectivity index (χ2n) is 26.9. The highest BCUT2D eigenvalue weighted by Gasteiger charge is 2.14. The fourth-order valence-electron chi connectivity index (χ4n) is 8.07. The van der Waals surface area contributed by atoms with E-state index in [9.17, 15) is 47.9 Å². The number of aromatic hydroxyl groups is 1. The lowest BCUT2D eigenvalue weighted by molar-refractivity contribution is -0.671. The van der Waals surface area contributed by atoms with Crippen molar-refractivity contribution in [3.8, 4) is 5.75 Å². The molecule has 103 heavy (non-hydrogen) atoms. The van der Waals surface area contributed by atoms with Crippen LogP contribution in [0.15, 0.2) is 121 Å². The molecule has 1 heterocycles. The van der Waals surface area contributed by atoms with E-state index in [-0.39, 0.29) is 119 Å². The van der Waals surface area contributed by atoms with Gasteiger partial charge in [0.1, 0.15) is 65.1 Å². The third kappa shape index (κ3) is 63.3. The Balaban J connectivity index is -0.000000258. The summed E-state index contributed by atoms with van der Waals surface area (Å²) in [4.78, 5) is 110. The van der Waals surface area contributed by atoms with Crippen LogP contribution < -0.4 is 27.1 Å². The minimum atomic E-state index is -0.340. The van der Waals surface area contributed by atoms with E-state index in [0.717, 1.165) is 50.5 Å². The summed E-state index contributed by atoms with van der Waals surface area (Å²) in [5, 5.41) is 13.4. The molecule has 0 spiro atoms. The number of rotatable bonds is 29. The number of amides is 1. The molecule has 580 valence electrons. The number of aromatic nitrogens is 1. The number of phenolic OH excluding ortho intramolecular Hbond substituents is 1. The number of primary amides is 1. The SMILES string of the molecule is C.CC(=O)C(C)CCC(N)=O.CC(=O)C(C)CCCN=C(N)N.CC(=O)C(C)Cc1ccc(O)cc1.CC(=O)C(C)Cc1ccc[n+](C)c1.CC(=O)C(C)Cc1cccc(C)c1.CC(=O)C(C)Cc1cccc2ccccc12.CCC(C)=O.CCC(C)C(C)=O.CCCCCC.C[NH2+]C(C)C(C)=O. The smallest absolute Gasteiger partial charge is 0.217 e. The van der Waals surface area contributed by atoms with Gasteiger partial charge in [0.05, 0.1) is 7.05 Å². The predicted molar refractivity (Wildman–Crippen MR) is 429 cm³/mol. The first-order chi connectivity index (χ1) is 47.6. The van der Waals surface area contributed by atoms with Crippen molar-refractivity contribution in [3.63, 3.8) is 0 Å². The van der Waals surface area contributed by atoms with Crippen LogP contribution in [-0.2, 0) is 80.7 Å². The van der Waals surface area contributed by atoms with Gasteiger partial charge in [-0.1, -0.05) is 194 Å². The number of aryl methyl sites for hydroxylation is 2. The Bertz CT molecular complexity index is 3120. The van der Waals surface area contributed by atoms with Gasteiger partial charge in [-0.15, -0.1) is 0 Å². The minimum Gasteiger partial charge on any atom is -0.508 e. The van der Waals surface area contributed by atoms with Crippen molar-refractivity contribution in [1.82, 2.24) is 0 Å². The lowest BCUT2D eigenvalue weighted by Crippen LogP contribution is -2.87. The Morgan fingerprint density at radius 2 is 0.903 bits per heavy atom. The van der Waals surface area contributed by atoms with Gasteiger partial charge >= 0.3 is 0 Å². The van der Waals surface area contributed by atoms with Crippen LogP contribution in [0.4, 0.5) is 0 Å². The monoisotopic (exact) mass is 1440 g/mol. The maximum absolute atomic E-state index is 11.3. The number of phenols is 1. The van der Waals surface area contributed by atoms with Gasteiger partial charge in [-0.3, -0.25) is 48.1 Å². The molecule has 1 aromatic heterocycles. The molecule has 5 aromatic rings. The van der Waals surface area contributed by atoms with Crippen LogP contribution in [0.5, 0.6) is 5.75 Å². The average molecular weight is 1440 g/mol. The highest BCUT2D eigenvalue weighted by Crippen LogP contribution is 2.22. The number of nitrogens with zero attached hydrogens (tertiary/aromatic N) is 2. The van der Waals surface area contributed by atoms with Crippen LogP contribution in [0.1, 0.15) is 245 Å². The quantitative estimate of drug-likeness (QED) is 0.0129. The van der Waals surface area contributed by atoms with Gasteiger partial charge < -0.3 is 32.4 Å². The van der Waals surface area contributed by atoms with Crippen LogP contribution in [0.3, 0.4) is 0 Å². The van der Waals surface area contributed by atoms with E-state index >= 15 is 0 Å². The number of likely N-dealkylation sites (N-methyl/N-ethyl adjacent to an activating group) is 1. The largest absolute Gasteiger partial charge is 0.508 e. The standard InChI is InChI=1S/C15H16O.C12H16O.C11H16NO.C11H14O2.C8H17N3O.C7H13NO2.C6H12O.C6H14.C5H11NO.C4H8O.CH4/c1-11(12(2)16)10-14-8-5-7-13-6-3-4-9-15(13)14;1-9-5-4-6-12(7-9)8-10(2)11(3)13;1-9(10(2)13)7-11-5-4-6-12(3)8-11;1-8(9(2)12)7-10-3-5-11(13)6-4-10;1-6(7(2)12)4-3-5-11-8(9)10;1-5(6(2)9)3-4-7(8)10;1-4-5(2)6(3)7;1-3-5-6-4-2;1-4(6-3)5(2)7;1-3-4(2)5;/h3-9,11H,10H2,1-2H3;4-7,10H,8H2,1-3H3;4-6,8-9H,7H2,1-3H3;3-6,8,13H,7H2,1-2H3;6H,3-5H2,1-2H3,(H4,9,10,11);5H,3-4H2,1-2H3,(H2,8,10);5H,4H2,1-3H3;3-6H2,1-2H3;4,6H,1-3H3;3H2,1-2H3;1H4/q;;+1;;;;;;;;/p+1. The van der Waals surface area contributed by atoms with Crippen LogP contribution in [0.2, 0.25) is 0 Å². The second kappa shape index (κ2) is 64.6. The summed E-state index contributed by atoms with van der Waals surface area (Å²) in [5.41, 5.74) is 21.2. The summed E-state index contributed by atoms with van der Waals surface area (Å²) in [7, 11) is 3.88. The summed E-state index contributed by atoms with van der Waals surface area (Å²) in [6.07, 6.45) is 17.1. The molecule has 0 saturated carbocycles. The number of guanidine groups is 1. The molecule has 4 aromatic carbocycles. The van der Waals surface area contributed by atoms with Gasteiger partial charge in [0.25, 0.3) is 0 Å². The molecule has 8 unspecified atom stereocenters. The van der Waals surface area contributed by atoms with Crippen molar-refractivity contribution in [2.24, 2.45) is 70.7 Å². The number of unbranched alkanes of at least 4 members (excludes halogenated alkanes) is 3. The summed E-state index contributed by atoms with van der Waals surface area (Å²) >= 11 is 0. The molecular weight excluding hydrogens is 1290 g/mol. The van der Waals surface area contributed by atoms with Gasteiger partial charge in [0.15, 0.2) is 24.1 Å². The van der Waals surface area contributed by atoms with Crippen molar-refractivity contribution in [3.05, 3.63) is 143 Å². The number of Topliss-reactive ketones (excluding diaryl/α,β-unsaturated/α-hetero) is 9. The molecule has 17 heteroatoms. The molecule has 9 N–H and O–H groups in total. The van der Waals surface area contributed by atoms with Gasteiger partial charge in [-0.05, 0) is 166 Å². The van der Waals surface area contributed by atoms with Crippen LogP contribution in [0, 0.1) is 48.3 Å². The molecule has 8 atom stereocenters. The number of hydrogen-bond acceptors (Lipinski definition) is 12. The van der Waals surface area contributed by atoms with E-state index in [4.69, 9.17) is 22.3 Å². The van der Waals surface area contributed by atoms with Gasteiger partial charge in [0.2, 0.25) is 5.91 Å². The number of aliphatic imine (C=N–C) groups is 1. The summed E-state index contributed by atoms with van der Waals surface area (Å²) < 4.78 is 2.00. The third-order valence-electron chi connectivity index (χ3n) is 17.0. The van der Waals surface area contributed by atoms with Gasteiger partial charge in [-0.2, -0.15) is 0 Å². The number of fused-ring (bicyclic) bond motifs is 1. The van der Waals surface area contributed by atoms with Gasteiger partial charge in [0, 0.05) is 79.4 Å². The Morgan fingerprint density at radius 3 is 1.28 bits per heavy atom. The van der Waals surface area contributed by atoms with Crippen molar-refractivity contribution < 1.29 is 62.9 Å². The molecule has 0 aliphatic carbocycles. The molecule has 0 aliphatic heterocycles. The second-order valence-corrected chi connectivity index (χ2v) is 26.9. The average Bonchev–Trinajstić information content (AvgIpc) is 0.829. The molecule has 0 saturated heterocycles. The highest BCUT2D eigenvalue weighted by molar-refractivity contribution is 5.87. The number of carbonyl (C=O) groups is 10. The molecule has 17 nitrogen and oxygen atoms in total. The molecule has 0 radical (unpaired) electrons. The highest BCUT2D eigenvalue weighted by atomic mass is 16.3.